The Hall–Kier alpha value is -3.20. The number of ether oxygens (including phenoxy) is 1. The molecule has 1 fully saturated rings. The number of hydrogen-bond donors (Lipinski definition) is 0. The molecule has 0 unspecified atom stereocenters. The van der Waals surface area contributed by atoms with E-state index in [1.54, 1.807) is 19.1 Å². The Balaban J connectivity index is 1.22. The molecule has 0 atom stereocenters. The summed E-state index contributed by atoms with van der Waals surface area (Å²) in [6, 6.07) is 21.0. The van der Waals surface area contributed by atoms with Crippen molar-refractivity contribution in [2.45, 2.75) is 64.2 Å². The molecule has 0 radical (unpaired) electrons. The van der Waals surface area contributed by atoms with E-state index in [9.17, 15) is 8.78 Å². The monoisotopic (exact) mass is 500 g/mol. The van der Waals surface area contributed by atoms with Crippen LogP contribution in [-0.4, -0.2) is 6.61 Å². The molecule has 3 heteroatoms. The van der Waals surface area contributed by atoms with Gasteiger partial charge in [0.2, 0.25) is 5.82 Å². The normalized spacial score (nSPS) is 17.7. The zero-order valence-corrected chi connectivity index (χ0v) is 21.9. The lowest BCUT2D eigenvalue weighted by Crippen LogP contribution is -2.14. The lowest BCUT2D eigenvalue weighted by molar-refractivity contribution is 0.310. The molecule has 3 aromatic rings. The fourth-order valence-corrected chi connectivity index (χ4v) is 5.29. The van der Waals surface area contributed by atoms with Crippen molar-refractivity contribution in [2.75, 3.05) is 6.61 Å². The molecule has 0 spiro atoms. The topological polar surface area (TPSA) is 9.23 Å². The molecule has 194 valence electrons. The largest absolute Gasteiger partial charge is 0.491 e. The fourth-order valence-electron chi connectivity index (χ4n) is 5.29. The number of benzene rings is 3. The van der Waals surface area contributed by atoms with Gasteiger partial charge in [0.25, 0.3) is 0 Å². The van der Waals surface area contributed by atoms with Crippen LogP contribution < -0.4 is 4.74 Å². The Labute approximate surface area is 220 Å². The van der Waals surface area contributed by atoms with Crippen molar-refractivity contribution in [1.82, 2.24) is 0 Å². The summed E-state index contributed by atoms with van der Waals surface area (Å²) in [5, 5.41) is 0. The van der Waals surface area contributed by atoms with Crippen molar-refractivity contribution in [2.24, 2.45) is 5.92 Å². The van der Waals surface area contributed by atoms with E-state index >= 15 is 0 Å². The molecule has 1 aliphatic rings. The Bertz CT molecular complexity index is 1170. The van der Waals surface area contributed by atoms with Gasteiger partial charge in [-0.3, -0.25) is 0 Å². The van der Waals surface area contributed by atoms with Gasteiger partial charge >= 0.3 is 0 Å². The number of allylic oxidation sites excluding steroid dienone is 3. The van der Waals surface area contributed by atoms with Gasteiger partial charge < -0.3 is 4.74 Å². The van der Waals surface area contributed by atoms with Crippen LogP contribution in [0.25, 0.3) is 11.1 Å². The van der Waals surface area contributed by atoms with E-state index in [1.807, 2.05) is 6.08 Å². The maximum atomic E-state index is 14.6. The molecule has 1 saturated carbocycles. The van der Waals surface area contributed by atoms with Crippen molar-refractivity contribution in [3.8, 4) is 16.9 Å². The highest BCUT2D eigenvalue weighted by atomic mass is 19.2. The van der Waals surface area contributed by atoms with Crippen LogP contribution in [0, 0.1) is 17.6 Å². The smallest absolute Gasteiger partial charge is 0.200 e. The first-order valence-corrected chi connectivity index (χ1v) is 13.7. The summed E-state index contributed by atoms with van der Waals surface area (Å²) in [6.45, 7) is 5.88. The third-order valence-electron chi connectivity index (χ3n) is 7.47. The number of hydrogen-bond acceptors (Lipinski definition) is 1. The van der Waals surface area contributed by atoms with Gasteiger partial charge in [0, 0.05) is 0 Å². The lowest BCUT2D eigenvalue weighted by Gasteiger charge is -2.27. The molecule has 3 aromatic carbocycles. The summed E-state index contributed by atoms with van der Waals surface area (Å²) in [5.41, 5.74) is 5.67. The van der Waals surface area contributed by atoms with Gasteiger partial charge in [0.1, 0.15) is 0 Å². The van der Waals surface area contributed by atoms with E-state index < -0.39 is 11.6 Å². The van der Waals surface area contributed by atoms with Crippen molar-refractivity contribution in [3.05, 3.63) is 114 Å². The van der Waals surface area contributed by atoms with Gasteiger partial charge in [0.05, 0.1) is 6.61 Å². The predicted octanol–water partition coefficient (Wildman–Crippen LogP) is 9.61. The van der Waals surface area contributed by atoms with E-state index in [2.05, 4.69) is 67.3 Å². The van der Waals surface area contributed by atoms with Crippen LogP contribution in [0.5, 0.6) is 5.75 Å². The first-order valence-electron chi connectivity index (χ1n) is 13.7. The van der Waals surface area contributed by atoms with Gasteiger partial charge in [0.15, 0.2) is 11.6 Å². The van der Waals surface area contributed by atoms with Crippen molar-refractivity contribution in [1.29, 1.82) is 0 Å². The maximum Gasteiger partial charge on any atom is 0.200 e. The summed E-state index contributed by atoms with van der Waals surface area (Å²) in [6.07, 6.45) is 14.4. The number of aryl methyl sites for hydroxylation is 2. The standard InChI is InChI=1S/C34H38F2O/c1-3-5-8-25-11-17-28(18-12-25)29-19-13-26(14-20-29)9-6-7-10-27-15-21-30(22-16-27)31-23-24-32(37-4-2)34(36)33(31)35/h3,7,10-14,17-20,23-24,27,30H,1,4-6,8-9,15-16,21-22H2,2H3/b10-7+. The van der Waals surface area contributed by atoms with E-state index in [-0.39, 0.29) is 11.7 Å². The minimum atomic E-state index is -0.855. The Morgan fingerprint density at radius 1 is 0.784 bits per heavy atom. The van der Waals surface area contributed by atoms with Crippen molar-refractivity contribution in [3.63, 3.8) is 0 Å². The average Bonchev–Trinajstić information content (AvgIpc) is 2.94. The summed E-state index contributed by atoms with van der Waals surface area (Å²) in [7, 11) is 0. The van der Waals surface area contributed by atoms with Crippen LogP contribution in [0.3, 0.4) is 0 Å². The van der Waals surface area contributed by atoms with Crippen LogP contribution in [0.15, 0.2) is 85.5 Å². The van der Waals surface area contributed by atoms with Gasteiger partial charge in [-0.25, -0.2) is 4.39 Å². The molecule has 0 aromatic heterocycles. The molecule has 0 N–H and O–H groups in total. The second kappa shape index (κ2) is 13.4. The van der Waals surface area contributed by atoms with Gasteiger partial charge in [-0.2, -0.15) is 4.39 Å². The van der Waals surface area contributed by atoms with Crippen LogP contribution in [0.4, 0.5) is 8.78 Å². The van der Waals surface area contributed by atoms with Crippen LogP contribution in [0.2, 0.25) is 0 Å². The minimum Gasteiger partial charge on any atom is -0.491 e. The van der Waals surface area contributed by atoms with Gasteiger partial charge in [-0.1, -0.05) is 72.8 Å². The van der Waals surface area contributed by atoms with Crippen molar-refractivity contribution >= 4 is 0 Å². The molecule has 1 nitrogen and oxygen atoms in total. The highest BCUT2D eigenvalue weighted by Gasteiger charge is 2.25. The molecular formula is C34H38F2O. The summed E-state index contributed by atoms with van der Waals surface area (Å²) >= 11 is 0. The highest BCUT2D eigenvalue weighted by Crippen LogP contribution is 2.39. The van der Waals surface area contributed by atoms with Gasteiger partial charge in [-0.05, 0) is 104 Å². The molecule has 37 heavy (non-hydrogen) atoms. The van der Waals surface area contributed by atoms with Crippen LogP contribution in [0.1, 0.15) is 68.1 Å². The zero-order valence-electron chi connectivity index (χ0n) is 21.9. The summed E-state index contributed by atoms with van der Waals surface area (Å²) < 4.78 is 34.0. The van der Waals surface area contributed by atoms with E-state index in [0.717, 1.165) is 51.4 Å². The Morgan fingerprint density at radius 3 is 1.95 bits per heavy atom. The number of rotatable bonds is 11. The second-order valence-corrected chi connectivity index (χ2v) is 10.0. The molecule has 1 aliphatic carbocycles. The third kappa shape index (κ3) is 7.19. The molecule has 0 saturated heterocycles. The molecule has 0 aliphatic heterocycles. The Kier molecular flexibility index (Phi) is 9.71. The summed E-state index contributed by atoms with van der Waals surface area (Å²) in [4.78, 5) is 0. The van der Waals surface area contributed by atoms with E-state index in [0.29, 0.717) is 18.1 Å². The average molecular weight is 501 g/mol. The Morgan fingerprint density at radius 2 is 1.38 bits per heavy atom. The van der Waals surface area contributed by atoms with Crippen LogP contribution in [-0.2, 0) is 12.8 Å². The lowest BCUT2D eigenvalue weighted by atomic mass is 9.78. The zero-order chi connectivity index (χ0) is 26.0. The SMILES string of the molecule is C=CCCc1ccc(-c2ccc(CC/C=C/C3CCC(c4ccc(OCC)c(F)c4F)CC3)cc2)cc1. The molecule has 0 amide bonds. The molecule has 0 heterocycles. The molecule has 4 rings (SSSR count). The van der Waals surface area contributed by atoms with Gasteiger partial charge in [-0.15, -0.1) is 6.58 Å². The third-order valence-corrected chi connectivity index (χ3v) is 7.47. The first kappa shape index (κ1) is 26.9. The highest BCUT2D eigenvalue weighted by molar-refractivity contribution is 5.64. The maximum absolute atomic E-state index is 14.6. The first-order chi connectivity index (χ1) is 18.1. The minimum absolute atomic E-state index is 0.00331. The van der Waals surface area contributed by atoms with E-state index in [1.165, 1.54) is 22.3 Å². The van der Waals surface area contributed by atoms with Crippen molar-refractivity contribution < 1.29 is 13.5 Å². The summed E-state index contributed by atoms with van der Waals surface area (Å²) in [5.74, 6) is -0.994. The van der Waals surface area contributed by atoms with Crippen LogP contribution >= 0.6 is 0 Å². The molecular weight excluding hydrogens is 462 g/mol. The molecule has 0 bridgehead atoms. The predicted molar refractivity (Wildman–Crippen MR) is 150 cm³/mol. The second-order valence-electron chi connectivity index (χ2n) is 10.0. The fraction of sp³-hybridized carbons (Fsp3) is 0.353. The quantitative estimate of drug-likeness (QED) is 0.238. The number of halogens is 2. The van der Waals surface area contributed by atoms with E-state index in [4.69, 9.17) is 4.74 Å².